The lowest BCUT2D eigenvalue weighted by Gasteiger charge is -2.13. The number of urea groups is 1. The molecule has 0 aliphatic carbocycles. The Morgan fingerprint density at radius 1 is 1.00 bits per heavy atom. The van der Waals surface area contributed by atoms with E-state index in [1.165, 1.54) is 0 Å². The van der Waals surface area contributed by atoms with Crippen molar-refractivity contribution in [1.29, 1.82) is 0 Å². The number of hydrogen-bond donors (Lipinski definition) is 2. The highest BCUT2D eigenvalue weighted by Gasteiger charge is 2.06. The summed E-state index contributed by atoms with van der Waals surface area (Å²) in [6.45, 7) is 7.91. The molecule has 152 valence electrons. The summed E-state index contributed by atoms with van der Waals surface area (Å²) in [6, 6.07) is 7.80. The average Bonchev–Trinajstić information content (AvgIpc) is 2.64. The molecule has 0 bridgehead atoms. The van der Waals surface area contributed by atoms with Crippen molar-refractivity contribution in [3.63, 3.8) is 0 Å². The summed E-state index contributed by atoms with van der Waals surface area (Å²) in [5, 5.41) is 5.76. The number of nitrogens with one attached hydrogen (secondary N) is 2. The second kappa shape index (κ2) is 14.0. The van der Waals surface area contributed by atoms with Crippen LogP contribution < -0.4 is 10.6 Å². The lowest BCUT2D eigenvalue weighted by Crippen LogP contribution is -2.35. The van der Waals surface area contributed by atoms with Gasteiger partial charge in [-0.05, 0) is 44.7 Å². The van der Waals surface area contributed by atoms with Crippen molar-refractivity contribution in [3.8, 4) is 0 Å². The fraction of sp³-hybridized carbons (Fsp3) is 0.619. The zero-order chi connectivity index (χ0) is 19.9. The van der Waals surface area contributed by atoms with Crippen molar-refractivity contribution in [2.45, 2.75) is 72.1 Å². The number of carbonyl (C=O) groups is 2. The van der Waals surface area contributed by atoms with Crippen molar-refractivity contribution in [3.05, 3.63) is 35.4 Å². The molecule has 0 heterocycles. The average molecular weight is 379 g/mol. The van der Waals surface area contributed by atoms with E-state index in [0.29, 0.717) is 32.7 Å². The summed E-state index contributed by atoms with van der Waals surface area (Å²) in [7, 11) is 0. The van der Waals surface area contributed by atoms with E-state index in [2.05, 4.69) is 10.6 Å². The molecule has 0 saturated heterocycles. The van der Waals surface area contributed by atoms with E-state index < -0.39 is 0 Å². The zero-order valence-corrected chi connectivity index (χ0v) is 16.9. The highest BCUT2D eigenvalue weighted by molar-refractivity contribution is 5.73. The molecule has 0 aliphatic heterocycles. The molecule has 6 heteroatoms. The summed E-state index contributed by atoms with van der Waals surface area (Å²) < 4.78 is 10.5. The first-order valence-electron chi connectivity index (χ1n) is 9.88. The number of amides is 2. The fourth-order valence-electron chi connectivity index (χ4n) is 2.55. The van der Waals surface area contributed by atoms with Gasteiger partial charge in [0.15, 0.2) is 0 Å². The number of hydrogen-bond acceptors (Lipinski definition) is 4. The largest absolute Gasteiger partial charge is 0.466 e. The predicted molar refractivity (Wildman–Crippen MR) is 106 cm³/mol. The molecule has 0 saturated carbocycles. The highest BCUT2D eigenvalue weighted by Crippen LogP contribution is 2.11. The van der Waals surface area contributed by atoms with Crippen LogP contribution in [0, 0.1) is 0 Å². The van der Waals surface area contributed by atoms with Crippen LogP contribution in [-0.4, -0.2) is 31.3 Å². The third-order valence-corrected chi connectivity index (χ3v) is 4.03. The second-order valence-corrected chi connectivity index (χ2v) is 6.71. The van der Waals surface area contributed by atoms with Gasteiger partial charge >= 0.3 is 12.0 Å². The lowest BCUT2D eigenvalue weighted by atomic mass is 10.1. The number of ether oxygens (including phenoxy) is 2. The van der Waals surface area contributed by atoms with Gasteiger partial charge in [-0.2, -0.15) is 0 Å². The maximum Gasteiger partial charge on any atom is 0.315 e. The van der Waals surface area contributed by atoms with Crippen molar-refractivity contribution in [2.75, 3.05) is 13.2 Å². The molecule has 6 nitrogen and oxygen atoms in total. The van der Waals surface area contributed by atoms with Crippen LogP contribution in [0.3, 0.4) is 0 Å². The summed E-state index contributed by atoms with van der Waals surface area (Å²) in [5.41, 5.74) is 2.15. The van der Waals surface area contributed by atoms with Gasteiger partial charge in [-0.3, -0.25) is 4.79 Å². The highest BCUT2D eigenvalue weighted by atomic mass is 16.5. The normalized spacial score (nSPS) is 10.7. The molecular weight excluding hydrogens is 344 g/mol. The molecule has 0 fully saturated rings. The number of rotatable bonds is 13. The van der Waals surface area contributed by atoms with Gasteiger partial charge in [0.2, 0.25) is 0 Å². The van der Waals surface area contributed by atoms with Crippen LogP contribution >= 0.6 is 0 Å². The van der Waals surface area contributed by atoms with E-state index in [1.807, 2.05) is 45.0 Å². The van der Waals surface area contributed by atoms with E-state index in [9.17, 15) is 9.59 Å². The molecule has 1 aromatic rings. The SMILES string of the molecule is CCOC(=O)CCCCCCNC(=O)NCc1ccccc1COC(C)C. The summed E-state index contributed by atoms with van der Waals surface area (Å²) >= 11 is 0. The Labute approximate surface area is 163 Å². The lowest BCUT2D eigenvalue weighted by molar-refractivity contribution is -0.143. The van der Waals surface area contributed by atoms with Crippen LogP contribution in [0.25, 0.3) is 0 Å². The molecule has 2 amide bonds. The second-order valence-electron chi connectivity index (χ2n) is 6.71. The molecule has 0 aliphatic rings. The Kier molecular flexibility index (Phi) is 11.9. The van der Waals surface area contributed by atoms with Crippen LogP contribution in [-0.2, 0) is 27.4 Å². The van der Waals surface area contributed by atoms with Gasteiger partial charge < -0.3 is 20.1 Å². The first-order valence-corrected chi connectivity index (χ1v) is 9.88. The van der Waals surface area contributed by atoms with Gasteiger partial charge in [0.1, 0.15) is 0 Å². The van der Waals surface area contributed by atoms with E-state index in [-0.39, 0.29) is 18.1 Å². The minimum atomic E-state index is -0.166. The Balaban J connectivity index is 2.15. The monoisotopic (exact) mass is 378 g/mol. The molecule has 0 aromatic heterocycles. The number of unbranched alkanes of at least 4 members (excludes halogenated alkanes) is 3. The van der Waals surface area contributed by atoms with Crippen LogP contribution in [0.1, 0.15) is 64.0 Å². The minimum Gasteiger partial charge on any atom is -0.466 e. The van der Waals surface area contributed by atoms with Gasteiger partial charge in [0.05, 0.1) is 19.3 Å². The molecule has 0 radical (unpaired) electrons. The maximum atomic E-state index is 11.9. The van der Waals surface area contributed by atoms with Crippen molar-refractivity contribution < 1.29 is 19.1 Å². The van der Waals surface area contributed by atoms with E-state index in [1.54, 1.807) is 0 Å². The van der Waals surface area contributed by atoms with E-state index >= 15 is 0 Å². The molecule has 0 atom stereocenters. The van der Waals surface area contributed by atoms with Gasteiger partial charge in [0.25, 0.3) is 0 Å². The fourth-order valence-corrected chi connectivity index (χ4v) is 2.55. The third-order valence-electron chi connectivity index (χ3n) is 4.03. The molecule has 0 spiro atoms. The Morgan fingerprint density at radius 2 is 1.70 bits per heavy atom. The van der Waals surface area contributed by atoms with Crippen LogP contribution in [0.5, 0.6) is 0 Å². The first kappa shape index (κ1) is 23.0. The van der Waals surface area contributed by atoms with Crippen molar-refractivity contribution >= 4 is 12.0 Å². The van der Waals surface area contributed by atoms with Crippen molar-refractivity contribution in [1.82, 2.24) is 10.6 Å². The van der Waals surface area contributed by atoms with Gasteiger partial charge in [-0.1, -0.05) is 37.1 Å². The number of benzene rings is 1. The minimum absolute atomic E-state index is 0.130. The van der Waals surface area contributed by atoms with Crippen LogP contribution in [0.15, 0.2) is 24.3 Å². The Morgan fingerprint density at radius 3 is 2.41 bits per heavy atom. The maximum absolute atomic E-state index is 11.9. The molecule has 0 unspecified atom stereocenters. The smallest absolute Gasteiger partial charge is 0.315 e. The summed E-state index contributed by atoms with van der Waals surface area (Å²) in [4.78, 5) is 23.1. The standard InChI is InChI=1S/C21H34N2O4/c1-4-26-20(24)13-7-5-6-10-14-22-21(25)23-15-18-11-8-9-12-19(18)16-27-17(2)3/h8-9,11-12,17H,4-7,10,13-16H2,1-3H3,(H2,22,23,25). The topological polar surface area (TPSA) is 76.7 Å². The molecule has 2 N–H and O–H groups in total. The van der Waals surface area contributed by atoms with E-state index in [0.717, 1.165) is 36.8 Å². The first-order chi connectivity index (χ1) is 13.0. The molecule has 1 rings (SSSR count). The predicted octanol–water partition coefficient (Wildman–Crippen LogP) is 3.92. The molecule has 27 heavy (non-hydrogen) atoms. The zero-order valence-electron chi connectivity index (χ0n) is 16.9. The molecular formula is C21H34N2O4. The number of esters is 1. The van der Waals surface area contributed by atoms with Crippen LogP contribution in [0.4, 0.5) is 4.79 Å². The van der Waals surface area contributed by atoms with Gasteiger partial charge in [-0.25, -0.2) is 4.79 Å². The number of carbonyl (C=O) groups excluding carboxylic acids is 2. The Hall–Kier alpha value is -2.08. The third kappa shape index (κ3) is 11.3. The van der Waals surface area contributed by atoms with Crippen LogP contribution in [0.2, 0.25) is 0 Å². The Bertz CT molecular complexity index is 561. The van der Waals surface area contributed by atoms with Crippen molar-refractivity contribution in [2.24, 2.45) is 0 Å². The molecule has 1 aromatic carbocycles. The quantitative estimate of drug-likeness (QED) is 0.403. The van der Waals surface area contributed by atoms with Gasteiger partial charge in [0, 0.05) is 19.5 Å². The van der Waals surface area contributed by atoms with Gasteiger partial charge in [-0.15, -0.1) is 0 Å². The summed E-state index contributed by atoms with van der Waals surface area (Å²) in [5.74, 6) is -0.130. The summed E-state index contributed by atoms with van der Waals surface area (Å²) in [6.07, 6.45) is 4.32. The van der Waals surface area contributed by atoms with E-state index in [4.69, 9.17) is 9.47 Å².